The predicted molar refractivity (Wildman–Crippen MR) is 144 cm³/mol. The molecule has 7 nitrogen and oxygen atoms in total. The van der Waals surface area contributed by atoms with E-state index >= 15 is 0 Å². The molecule has 1 saturated heterocycles. The van der Waals surface area contributed by atoms with Crippen LogP contribution in [0.4, 0.5) is 11.4 Å². The van der Waals surface area contributed by atoms with Gasteiger partial charge >= 0.3 is 5.97 Å². The Labute approximate surface area is 215 Å². The highest BCUT2D eigenvalue weighted by molar-refractivity contribution is 7.92. The number of carboxylic acids is 1. The van der Waals surface area contributed by atoms with Crippen LogP contribution in [0.1, 0.15) is 80.3 Å². The lowest BCUT2D eigenvalue weighted by Gasteiger charge is -2.39. The molecule has 2 aromatic carbocycles. The van der Waals surface area contributed by atoms with Crippen LogP contribution >= 0.6 is 0 Å². The topological polar surface area (TPSA) is 98.7 Å². The Morgan fingerprint density at radius 2 is 1.69 bits per heavy atom. The molecule has 0 aromatic heterocycles. The van der Waals surface area contributed by atoms with Gasteiger partial charge in [-0.2, -0.15) is 0 Å². The Morgan fingerprint density at radius 3 is 2.44 bits per heavy atom. The van der Waals surface area contributed by atoms with Crippen molar-refractivity contribution in [1.29, 1.82) is 0 Å². The number of rotatable bonds is 9. The van der Waals surface area contributed by atoms with Crippen LogP contribution in [-0.4, -0.2) is 49.6 Å². The summed E-state index contributed by atoms with van der Waals surface area (Å²) in [4.78, 5) is 14.9. The molecule has 2 aromatic rings. The van der Waals surface area contributed by atoms with E-state index < -0.39 is 16.0 Å². The maximum absolute atomic E-state index is 13.4. The first-order chi connectivity index (χ1) is 17.3. The Bertz CT molecular complexity index is 1170. The second kappa shape index (κ2) is 11.6. The van der Waals surface area contributed by atoms with Crippen LogP contribution in [0.15, 0.2) is 41.3 Å². The highest BCUT2D eigenvalue weighted by Gasteiger charge is 2.26. The average Bonchev–Trinajstić information content (AvgIpc) is 3.08. The molecule has 2 aliphatic rings. The van der Waals surface area contributed by atoms with Crippen LogP contribution in [0.2, 0.25) is 0 Å². The van der Waals surface area contributed by atoms with Gasteiger partial charge in [-0.25, -0.2) is 13.2 Å². The number of hydrogen-bond acceptors (Lipinski definition) is 5. The van der Waals surface area contributed by atoms with Crippen LogP contribution in [0.5, 0.6) is 0 Å². The quantitative estimate of drug-likeness (QED) is 0.302. The number of aryl methyl sites for hydroxylation is 1. The van der Waals surface area contributed by atoms with Gasteiger partial charge in [0.05, 0.1) is 16.9 Å². The van der Waals surface area contributed by atoms with E-state index in [1.165, 1.54) is 19.3 Å². The largest absolute Gasteiger partial charge is 0.478 e. The van der Waals surface area contributed by atoms with Gasteiger partial charge in [0.25, 0.3) is 10.0 Å². The van der Waals surface area contributed by atoms with Crippen LogP contribution in [0, 0.1) is 0 Å². The van der Waals surface area contributed by atoms with E-state index in [9.17, 15) is 18.3 Å². The molecule has 1 fully saturated rings. The fraction of sp³-hybridized carbons (Fsp3) is 0.536. The molecular weight excluding hydrogens is 474 g/mol. The van der Waals surface area contributed by atoms with Gasteiger partial charge in [0.2, 0.25) is 0 Å². The minimum absolute atomic E-state index is 0.0770. The molecule has 4 rings (SSSR count). The number of aromatic carboxylic acids is 1. The summed E-state index contributed by atoms with van der Waals surface area (Å²) in [6.45, 7) is 6.19. The van der Waals surface area contributed by atoms with Crippen molar-refractivity contribution in [3.05, 3.63) is 53.1 Å². The molecule has 36 heavy (non-hydrogen) atoms. The van der Waals surface area contributed by atoms with Crippen molar-refractivity contribution in [1.82, 2.24) is 4.90 Å². The molecule has 2 unspecified atom stereocenters. The van der Waals surface area contributed by atoms with Gasteiger partial charge in [-0.15, -0.1) is 0 Å². The predicted octanol–water partition coefficient (Wildman–Crippen LogP) is 5.52. The van der Waals surface area contributed by atoms with Crippen molar-refractivity contribution in [2.45, 2.75) is 88.6 Å². The number of nitrogens with zero attached hydrogens (tertiary/aromatic N) is 1. The summed E-state index contributed by atoms with van der Waals surface area (Å²) in [6, 6.07) is 11.4. The van der Waals surface area contributed by atoms with E-state index in [0.717, 1.165) is 49.8 Å². The molecule has 196 valence electrons. The van der Waals surface area contributed by atoms with Gasteiger partial charge in [-0.3, -0.25) is 9.62 Å². The summed E-state index contributed by atoms with van der Waals surface area (Å²) in [5, 5.41) is 13.3. The van der Waals surface area contributed by atoms with Crippen LogP contribution in [0.3, 0.4) is 0 Å². The number of benzene rings is 2. The number of para-hydroxylation sites is 1. The fourth-order valence-corrected chi connectivity index (χ4v) is 7.04. The fourth-order valence-electron chi connectivity index (χ4n) is 5.78. The monoisotopic (exact) mass is 513 g/mol. The third-order valence-electron chi connectivity index (χ3n) is 7.70. The molecule has 0 saturated carbocycles. The van der Waals surface area contributed by atoms with Crippen LogP contribution in [-0.2, 0) is 22.9 Å². The second-order valence-corrected chi connectivity index (χ2v) is 11.9. The van der Waals surface area contributed by atoms with Crippen LogP contribution in [0.25, 0.3) is 0 Å². The number of sulfonamides is 1. The molecule has 3 N–H and O–H groups in total. The highest BCUT2D eigenvalue weighted by Crippen LogP contribution is 2.32. The number of anilines is 2. The Kier molecular flexibility index (Phi) is 8.57. The molecule has 1 aliphatic heterocycles. The Hall–Kier alpha value is -2.58. The van der Waals surface area contributed by atoms with Crippen molar-refractivity contribution in [3.8, 4) is 0 Å². The highest BCUT2D eigenvalue weighted by atomic mass is 32.2. The van der Waals surface area contributed by atoms with Crippen molar-refractivity contribution in [3.63, 3.8) is 0 Å². The van der Waals surface area contributed by atoms with Gasteiger partial charge < -0.3 is 10.4 Å². The molecule has 0 spiro atoms. The smallest absolute Gasteiger partial charge is 0.338 e. The van der Waals surface area contributed by atoms with E-state index in [-0.39, 0.29) is 16.1 Å². The number of fused-ring (bicyclic) bond motifs is 1. The van der Waals surface area contributed by atoms with Gasteiger partial charge in [0.15, 0.2) is 0 Å². The number of carboxylic acid groups (broad SMARTS) is 1. The molecule has 8 heteroatoms. The van der Waals surface area contributed by atoms with Gasteiger partial charge in [0, 0.05) is 25.2 Å². The number of hydrogen-bond donors (Lipinski definition) is 3. The Balaban J connectivity index is 1.49. The second-order valence-electron chi connectivity index (χ2n) is 10.2. The summed E-state index contributed by atoms with van der Waals surface area (Å²) in [5.74, 6) is -1.10. The van der Waals surface area contributed by atoms with E-state index in [1.807, 2.05) is 6.07 Å². The summed E-state index contributed by atoms with van der Waals surface area (Å²) >= 11 is 0. The Morgan fingerprint density at radius 1 is 0.972 bits per heavy atom. The normalized spacial score (nSPS) is 20.8. The van der Waals surface area contributed by atoms with E-state index in [0.29, 0.717) is 30.7 Å². The summed E-state index contributed by atoms with van der Waals surface area (Å²) in [7, 11) is -4.00. The third kappa shape index (κ3) is 6.03. The van der Waals surface area contributed by atoms with Crippen molar-refractivity contribution >= 4 is 27.4 Å². The third-order valence-corrected chi connectivity index (χ3v) is 9.13. The number of piperidine rings is 1. The lowest BCUT2D eigenvalue weighted by molar-refractivity contribution is 0.0696. The molecule has 0 bridgehead atoms. The molecule has 1 aliphatic carbocycles. The van der Waals surface area contributed by atoms with E-state index in [4.69, 9.17) is 0 Å². The van der Waals surface area contributed by atoms with Crippen LogP contribution < -0.4 is 10.0 Å². The minimum atomic E-state index is -4.00. The average molecular weight is 514 g/mol. The van der Waals surface area contributed by atoms with Gasteiger partial charge in [-0.1, -0.05) is 31.0 Å². The number of likely N-dealkylation sites (tertiary alicyclic amines) is 1. The summed E-state index contributed by atoms with van der Waals surface area (Å²) in [5.41, 5.74) is 2.50. The maximum atomic E-state index is 13.4. The van der Waals surface area contributed by atoms with Crippen molar-refractivity contribution in [2.75, 3.05) is 23.1 Å². The lowest BCUT2D eigenvalue weighted by atomic mass is 9.96. The molecule has 0 amide bonds. The van der Waals surface area contributed by atoms with Gasteiger partial charge in [-0.05, 0) is 88.1 Å². The minimum Gasteiger partial charge on any atom is -0.478 e. The first kappa shape index (κ1) is 26.5. The number of nitrogens with one attached hydrogen (secondary N) is 2. The van der Waals surface area contributed by atoms with E-state index in [2.05, 4.69) is 28.8 Å². The molecular formula is C28H39N3O4S. The van der Waals surface area contributed by atoms with Gasteiger partial charge in [0.1, 0.15) is 4.90 Å². The summed E-state index contributed by atoms with van der Waals surface area (Å²) in [6.07, 6.45) is 9.09. The zero-order valence-corrected chi connectivity index (χ0v) is 22.2. The summed E-state index contributed by atoms with van der Waals surface area (Å²) < 4.78 is 29.5. The molecule has 0 radical (unpaired) electrons. The molecule has 2 atom stereocenters. The lowest BCUT2D eigenvalue weighted by Crippen LogP contribution is -2.44. The molecule has 1 heterocycles. The first-order valence-electron chi connectivity index (χ1n) is 13.3. The first-order valence-corrected chi connectivity index (χ1v) is 14.8. The maximum Gasteiger partial charge on any atom is 0.338 e. The zero-order valence-electron chi connectivity index (χ0n) is 21.4. The standard InChI is InChI=1S/C28H39N3O4S/c1-20-10-8-11-21(2)31(20)19-9-18-29-24-14-6-7-15-26(24)36(34,35)30-25-17-16-22-12-4-3-5-13-23(22)27(25)28(32)33/h6-7,14-17,20-21,29-30H,3-5,8-13,18-19H2,1-2H3,(H,32,33). The van der Waals surface area contributed by atoms with E-state index in [1.54, 1.807) is 30.3 Å². The number of carbonyl (C=O) groups is 1. The van der Waals surface area contributed by atoms with Crippen molar-refractivity contribution < 1.29 is 18.3 Å². The zero-order chi connectivity index (χ0) is 25.7. The van der Waals surface area contributed by atoms with Crippen molar-refractivity contribution in [2.24, 2.45) is 0 Å². The SMILES string of the molecule is CC1CCCC(C)N1CCCNc1ccccc1S(=O)(=O)Nc1ccc2c(c1C(=O)O)CCCCC2.